The number of benzene rings is 12. The Kier molecular flexibility index (Phi) is 9.45. The Bertz CT molecular complexity index is 4360. The van der Waals surface area contributed by atoms with Crippen molar-refractivity contribution in [2.75, 3.05) is 4.90 Å². The summed E-state index contributed by atoms with van der Waals surface area (Å²) in [6, 6.07) is 105. The molecule has 0 amide bonds. The molecule has 0 saturated heterocycles. The molecule has 4 aliphatic rings. The summed E-state index contributed by atoms with van der Waals surface area (Å²) in [4.78, 5) is 7.74. The van der Waals surface area contributed by atoms with Gasteiger partial charge in [-0.2, -0.15) is 0 Å². The van der Waals surface area contributed by atoms with Gasteiger partial charge in [-0.25, -0.2) is 0 Å². The van der Waals surface area contributed by atoms with Gasteiger partial charge in [0.15, 0.2) is 0 Å². The highest BCUT2D eigenvalue weighted by atomic mass is 32.2. The lowest BCUT2D eigenvalue weighted by Crippen LogP contribution is -2.32. The lowest BCUT2D eigenvalue weighted by Gasteiger charge is -2.40. The number of aromatic nitrogens is 1. The number of nitrogens with zero attached hydrogens (tertiary/aromatic N) is 2. The molecule has 2 aliphatic carbocycles. The Morgan fingerprint density at radius 1 is 0.269 bits per heavy atom. The molecule has 0 bridgehead atoms. The van der Waals surface area contributed by atoms with Crippen molar-refractivity contribution in [2.45, 2.75) is 30.4 Å². The summed E-state index contributed by atoms with van der Waals surface area (Å²) in [6.45, 7) is 0. The Hall–Kier alpha value is -9.06. The minimum Gasteiger partial charge on any atom is -0.310 e. The number of para-hydroxylation sites is 2. The monoisotopic (exact) mass is 1030 g/mol. The molecule has 4 heteroatoms. The van der Waals surface area contributed by atoms with Crippen molar-refractivity contribution in [3.05, 3.63) is 324 Å². The molecule has 3 heterocycles. The third kappa shape index (κ3) is 5.96. The van der Waals surface area contributed by atoms with E-state index in [2.05, 4.69) is 289 Å². The van der Waals surface area contributed by atoms with Crippen LogP contribution in [0.15, 0.2) is 299 Å². The average molecular weight is 1030 g/mol. The smallest absolute Gasteiger partial charge is 0.0735 e. The SMILES string of the molecule is c1ccc(-n2c3ccccc3c3cc(-c4ccc(N(c5ccc6c(c5)-c5ccccc5C65c6ccccc6Sc6ccccc65)c5ccc6c(c5)-c5ccccc5C65c6ccccc6Sc6ccccc65)cc4)ccc32)cc1. The molecule has 0 atom stereocenters. The van der Waals surface area contributed by atoms with Gasteiger partial charge in [-0.1, -0.05) is 212 Å². The topological polar surface area (TPSA) is 8.17 Å². The van der Waals surface area contributed by atoms with Crippen molar-refractivity contribution >= 4 is 62.4 Å². The third-order valence-corrected chi connectivity index (χ3v) is 19.6. The summed E-state index contributed by atoms with van der Waals surface area (Å²) < 4.78 is 2.39. The van der Waals surface area contributed by atoms with Crippen LogP contribution in [0.5, 0.6) is 0 Å². The molecule has 0 radical (unpaired) electrons. The Morgan fingerprint density at radius 2 is 0.667 bits per heavy atom. The molecule has 13 aromatic rings. The van der Waals surface area contributed by atoms with E-state index in [0.717, 1.165) is 22.7 Å². The minimum absolute atomic E-state index is 0.458. The van der Waals surface area contributed by atoms with Crippen molar-refractivity contribution in [3.63, 3.8) is 0 Å². The molecular weight excluding hydrogens is 981 g/mol. The number of hydrogen-bond donors (Lipinski definition) is 0. The molecule has 364 valence electrons. The van der Waals surface area contributed by atoms with E-state index < -0.39 is 10.8 Å². The lowest BCUT2D eigenvalue weighted by molar-refractivity contribution is 0.722. The zero-order chi connectivity index (χ0) is 51.1. The van der Waals surface area contributed by atoms with Crippen molar-refractivity contribution < 1.29 is 0 Å². The summed E-state index contributed by atoms with van der Waals surface area (Å²) in [5, 5.41) is 2.49. The van der Waals surface area contributed by atoms with Crippen LogP contribution in [0.1, 0.15) is 44.5 Å². The average Bonchev–Trinajstić information content (AvgIpc) is 4.21. The van der Waals surface area contributed by atoms with Crippen molar-refractivity contribution in [3.8, 4) is 39.1 Å². The molecule has 0 fully saturated rings. The minimum atomic E-state index is -0.458. The predicted molar refractivity (Wildman–Crippen MR) is 324 cm³/mol. The molecule has 0 N–H and O–H groups in total. The zero-order valence-corrected chi connectivity index (χ0v) is 43.9. The number of fused-ring (bicyclic) bond motifs is 21. The fraction of sp³-hybridized carbons (Fsp3) is 0.0270. The fourth-order valence-corrected chi connectivity index (χ4v) is 16.6. The molecule has 1 aromatic heterocycles. The first-order valence-electron chi connectivity index (χ1n) is 26.9. The third-order valence-electron chi connectivity index (χ3n) is 17.3. The quantitative estimate of drug-likeness (QED) is 0.170. The van der Waals surface area contributed by atoms with Crippen LogP contribution >= 0.6 is 23.5 Å². The molecule has 12 aromatic carbocycles. The van der Waals surface area contributed by atoms with E-state index >= 15 is 0 Å². The van der Waals surface area contributed by atoms with Crippen LogP contribution in [-0.4, -0.2) is 4.57 Å². The Labute approximate surface area is 461 Å². The van der Waals surface area contributed by atoms with Crippen molar-refractivity contribution in [1.82, 2.24) is 4.57 Å². The first-order chi connectivity index (χ1) is 38.7. The maximum Gasteiger partial charge on any atom is 0.0735 e. The highest BCUT2D eigenvalue weighted by Crippen LogP contribution is 2.65. The number of hydrogen-bond acceptors (Lipinski definition) is 3. The molecule has 2 aliphatic heterocycles. The molecule has 2 spiro atoms. The van der Waals surface area contributed by atoms with E-state index in [0.29, 0.717) is 0 Å². The van der Waals surface area contributed by atoms with Crippen LogP contribution in [0.25, 0.3) is 60.9 Å². The van der Waals surface area contributed by atoms with Crippen molar-refractivity contribution in [2.24, 2.45) is 0 Å². The van der Waals surface area contributed by atoms with E-state index in [1.54, 1.807) is 0 Å². The first-order valence-corrected chi connectivity index (χ1v) is 28.5. The first kappa shape index (κ1) is 44.1. The second-order valence-electron chi connectivity index (χ2n) is 21.0. The van der Waals surface area contributed by atoms with Crippen LogP contribution < -0.4 is 4.90 Å². The van der Waals surface area contributed by atoms with Gasteiger partial charge in [0.1, 0.15) is 0 Å². The zero-order valence-electron chi connectivity index (χ0n) is 42.3. The second-order valence-corrected chi connectivity index (χ2v) is 23.2. The summed E-state index contributed by atoms with van der Waals surface area (Å²) in [5.74, 6) is 0. The van der Waals surface area contributed by atoms with Gasteiger partial charge < -0.3 is 9.47 Å². The molecular formula is C74H46N2S2. The molecule has 0 saturated carbocycles. The molecule has 78 heavy (non-hydrogen) atoms. The van der Waals surface area contributed by atoms with Gasteiger partial charge in [-0.3, -0.25) is 0 Å². The van der Waals surface area contributed by atoms with Gasteiger partial charge >= 0.3 is 0 Å². The van der Waals surface area contributed by atoms with Crippen LogP contribution in [0.2, 0.25) is 0 Å². The van der Waals surface area contributed by atoms with Gasteiger partial charge in [-0.05, 0) is 169 Å². The number of rotatable bonds is 5. The van der Waals surface area contributed by atoms with Crippen LogP contribution in [-0.2, 0) is 10.8 Å². The summed E-state index contributed by atoms with van der Waals surface area (Å²) in [5.41, 5.74) is 24.1. The summed E-state index contributed by atoms with van der Waals surface area (Å²) >= 11 is 3.78. The van der Waals surface area contributed by atoms with Crippen LogP contribution in [0.3, 0.4) is 0 Å². The van der Waals surface area contributed by atoms with Crippen LogP contribution in [0.4, 0.5) is 17.1 Å². The molecule has 0 unspecified atom stereocenters. The van der Waals surface area contributed by atoms with E-state index in [9.17, 15) is 0 Å². The van der Waals surface area contributed by atoms with Gasteiger partial charge in [0, 0.05) is 53.1 Å². The normalized spacial score (nSPS) is 14.3. The standard InChI is InChI=1S/C74H46N2S2/c1-2-18-49(19-3-1)76-67-29-13-6-22-55(67)58-44-48(36-43-68(58)76)47-34-37-50(38-35-47)75(51-39-41-61-56(45-51)53-20-4-7-23-59(53)73(61)63-25-9-14-30-69(63)77-70-31-15-10-26-64(70)73)52-40-42-62-57(46-52)54-21-5-8-24-60(54)74(62)65-27-11-16-32-71(65)78-72-33-17-12-28-66(72)74/h1-46H. The van der Waals surface area contributed by atoms with Crippen molar-refractivity contribution in [1.29, 1.82) is 0 Å². The highest BCUT2D eigenvalue weighted by molar-refractivity contribution is 7.99. The van der Waals surface area contributed by atoms with E-state index in [-0.39, 0.29) is 0 Å². The Balaban J connectivity index is 0.869. The van der Waals surface area contributed by atoms with Gasteiger partial charge in [0.2, 0.25) is 0 Å². The Morgan fingerprint density at radius 3 is 1.19 bits per heavy atom. The van der Waals surface area contributed by atoms with E-state index in [4.69, 9.17) is 0 Å². The molecule has 17 rings (SSSR count). The van der Waals surface area contributed by atoms with E-state index in [1.165, 1.54) is 119 Å². The van der Waals surface area contributed by atoms with Gasteiger partial charge in [0.25, 0.3) is 0 Å². The largest absolute Gasteiger partial charge is 0.310 e. The molecule has 2 nitrogen and oxygen atoms in total. The maximum absolute atomic E-state index is 2.50. The van der Waals surface area contributed by atoms with E-state index in [1.807, 2.05) is 23.5 Å². The van der Waals surface area contributed by atoms with Crippen LogP contribution in [0, 0.1) is 0 Å². The summed E-state index contributed by atoms with van der Waals surface area (Å²) in [6.07, 6.45) is 0. The lowest BCUT2D eigenvalue weighted by atomic mass is 9.67. The number of anilines is 3. The van der Waals surface area contributed by atoms with Gasteiger partial charge in [0.05, 0.1) is 21.9 Å². The fourth-order valence-electron chi connectivity index (χ4n) is 14.2. The highest BCUT2D eigenvalue weighted by Gasteiger charge is 2.52. The predicted octanol–water partition coefficient (Wildman–Crippen LogP) is 19.6. The van der Waals surface area contributed by atoms with Gasteiger partial charge in [-0.15, -0.1) is 0 Å². The summed E-state index contributed by atoms with van der Waals surface area (Å²) in [7, 11) is 0. The second kappa shape index (κ2) is 16.7. The maximum atomic E-state index is 2.50.